The molecule has 0 aliphatic rings. The molecule has 0 aliphatic heterocycles. The van der Waals surface area contributed by atoms with Crippen molar-refractivity contribution in [2.45, 2.75) is 6.54 Å². The van der Waals surface area contributed by atoms with Crippen molar-refractivity contribution in [2.75, 3.05) is 7.11 Å². The van der Waals surface area contributed by atoms with E-state index >= 15 is 0 Å². The number of carbonyl (C=O) groups is 1. The molecule has 0 unspecified atom stereocenters. The molecular weight excluding hydrogens is 222 g/mol. The van der Waals surface area contributed by atoms with Gasteiger partial charge in [0.1, 0.15) is 5.69 Å². The fraction of sp³-hybridized carbons (Fsp3) is 0.182. The second kappa shape index (κ2) is 4.65. The van der Waals surface area contributed by atoms with Gasteiger partial charge in [-0.25, -0.2) is 9.78 Å². The lowest BCUT2D eigenvalue weighted by molar-refractivity contribution is 0.0684. The molecule has 1 N–H and O–H groups in total. The Kier molecular flexibility index (Phi) is 3.04. The third-order valence-corrected chi connectivity index (χ3v) is 2.24. The molecule has 17 heavy (non-hydrogen) atoms. The fourth-order valence-corrected chi connectivity index (χ4v) is 1.45. The number of carboxylic acid groups (broad SMARTS) is 1. The van der Waals surface area contributed by atoms with Crippen LogP contribution in [0.2, 0.25) is 0 Å². The van der Waals surface area contributed by atoms with Gasteiger partial charge >= 0.3 is 5.97 Å². The first kappa shape index (κ1) is 11.1. The smallest absolute Gasteiger partial charge is 0.354 e. The number of aromatic carboxylic acids is 1. The summed E-state index contributed by atoms with van der Waals surface area (Å²) in [4.78, 5) is 15.1. The van der Waals surface area contributed by atoms with Crippen LogP contribution in [0.15, 0.2) is 30.5 Å². The first-order valence-corrected chi connectivity index (χ1v) is 4.95. The molecule has 0 fully saturated rings. The summed E-state index contributed by atoms with van der Waals surface area (Å²) in [5, 5.41) is 12.9. The van der Waals surface area contributed by atoms with Crippen LogP contribution in [0.5, 0.6) is 5.88 Å². The summed E-state index contributed by atoms with van der Waals surface area (Å²) in [5.74, 6) is -0.517. The molecule has 2 aromatic rings. The molecule has 6 heteroatoms. The lowest BCUT2D eigenvalue weighted by Gasteiger charge is -2.05. The molecule has 2 aromatic heterocycles. The maximum absolute atomic E-state index is 10.9. The van der Waals surface area contributed by atoms with Crippen LogP contribution >= 0.6 is 0 Å². The summed E-state index contributed by atoms with van der Waals surface area (Å²) in [6.07, 6.45) is 1.45. The number of aromatic nitrogens is 3. The number of methoxy groups -OCH3 is 1. The van der Waals surface area contributed by atoms with Crippen LogP contribution in [-0.4, -0.2) is 33.0 Å². The quantitative estimate of drug-likeness (QED) is 0.853. The first-order chi connectivity index (χ1) is 8.20. The monoisotopic (exact) mass is 233 g/mol. The topological polar surface area (TPSA) is 77.2 Å². The van der Waals surface area contributed by atoms with Crippen molar-refractivity contribution >= 4 is 5.97 Å². The second-order valence-electron chi connectivity index (χ2n) is 3.35. The maximum atomic E-state index is 10.9. The van der Waals surface area contributed by atoms with Gasteiger partial charge in [-0.1, -0.05) is 6.07 Å². The molecule has 88 valence electrons. The Morgan fingerprint density at radius 1 is 1.47 bits per heavy atom. The molecule has 0 amide bonds. The van der Waals surface area contributed by atoms with E-state index in [0.29, 0.717) is 18.1 Å². The third-order valence-electron chi connectivity index (χ3n) is 2.24. The van der Waals surface area contributed by atoms with Crippen molar-refractivity contribution in [2.24, 2.45) is 0 Å². The van der Waals surface area contributed by atoms with E-state index in [4.69, 9.17) is 9.84 Å². The zero-order chi connectivity index (χ0) is 12.3. The van der Waals surface area contributed by atoms with E-state index in [9.17, 15) is 4.79 Å². The normalized spacial score (nSPS) is 10.2. The lowest BCUT2D eigenvalue weighted by atomic mass is 10.3. The van der Waals surface area contributed by atoms with Gasteiger partial charge in [0.15, 0.2) is 0 Å². The van der Waals surface area contributed by atoms with Crippen molar-refractivity contribution in [3.63, 3.8) is 0 Å². The summed E-state index contributed by atoms with van der Waals surface area (Å²) in [5.41, 5.74) is 0.824. The summed E-state index contributed by atoms with van der Waals surface area (Å²) in [6.45, 7) is 0.297. The zero-order valence-electron chi connectivity index (χ0n) is 9.20. The predicted molar refractivity (Wildman–Crippen MR) is 59.1 cm³/mol. The molecule has 6 nitrogen and oxygen atoms in total. The molecule has 0 bridgehead atoms. The van der Waals surface area contributed by atoms with Crippen LogP contribution < -0.4 is 4.74 Å². The highest BCUT2D eigenvalue weighted by Crippen LogP contribution is 2.09. The molecule has 2 heterocycles. The van der Waals surface area contributed by atoms with Gasteiger partial charge in [0.05, 0.1) is 19.3 Å². The zero-order valence-corrected chi connectivity index (χ0v) is 9.20. The van der Waals surface area contributed by atoms with E-state index in [-0.39, 0.29) is 5.69 Å². The molecule has 2 rings (SSSR count). The van der Waals surface area contributed by atoms with Crippen molar-refractivity contribution in [3.05, 3.63) is 41.9 Å². The van der Waals surface area contributed by atoms with Gasteiger partial charge in [-0.2, -0.15) is 5.10 Å². The maximum Gasteiger partial charge on any atom is 0.354 e. The van der Waals surface area contributed by atoms with E-state index in [1.54, 1.807) is 18.2 Å². The van der Waals surface area contributed by atoms with Crippen molar-refractivity contribution < 1.29 is 14.6 Å². The summed E-state index contributed by atoms with van der Waals surface area (Å²) < 4.78 is 6.37. The van der Waals surface area contributed by atoms with Crippen molar-refractivity contribution in [1.29, 1.82) is 0 Å². The Labute approximate surface area is 97.5 Å². The molecule has 0 aromatic carbocycles. The number of hydrogen-bond acceptors (Lipinski definition) is 4. The minimum atomic E-state index is -1.01. The van der Waals surface area contributed by atoms with Gasteiger partial charge in [-0.3, -0.25) is 4.68 Å². The molecular formula is C11H11N3O3. The highest BCUT2D eigenvalue weighted by Gasteiger charge is 2.10. The predicted octanol–water partition coefficient (Wildman–Crippen LogP) is 1.03. The first-order valence-electron chi connectivity index (χ1n) is 4.95. The highest BCUT2D eigenvalue weighted by atomic mass is 16.5. The number of rotatable bonds is 4. The van der Waals surface area contributed by atoms with Crippen LogP contribution in [0.3, 0.4) is 0 Å². The third kappa shape index (κ3) is 2.41. The number of nitrogens with zero attached hydrogens (tertiary/aromatic N) is 3. The van der Waals surface area contributed by atoms with Gasteiger partial charge in [-0.05, 0) is 12.1 Å². The molecule has 0 radical (unpaired) electrons. The molecule has 0 saturated carbocycles. The minimum absolute atomic E-state index is 0.134. The SMILES string of the molecule is COc1cccc(Cn2nccc2C(=O)O)n1. The van der Waals surface area contributed by atoms with Gasteiger partial charge < -0.3 is 9.84 Å². The lowest BCUT2D eigenvalue weighted by Crippen LogP contribution is -2.11. The number of ether oxygens (including phenoxy) is 1. The average molecular weight is 233 g/mol. The summed E-state index contributed by atoms with van der Waals surface area (Å²) in [6, 6.07) is 6.76. The van der Waals surface area contributed by atoms with Crippen LogP contribution in [-0.2, 0) is 6.54 Å². The van der Waals surface area contributed by atoms with Crippen molar-refractivity contribution in [3.8, 4) is 5.88 Å². The van der Waals surface area contributed by atoms with Crippen LogP contribution in [0, 0.1) is 0 Å². The van der Waals surface area contributed by atoms with Gasteiger partial charge in [0, 0.05) is 12.3 Å². The molecule has 0 saturated heterocycles. The van der Waals surface area contributed by atoms with Crippen molar-refractivity contribution in [1.82, 2.24) is 14.8 Å². The van der Waals surface area contributed by atoms with Crippen LogP contribution in [0.1, 0.15) is 16.2 Å². The van der Waals surface area contributed by atoms with E-state index in [2.05, 4.69) is 10.1 Å². The Bertz CT molecular complexity index is 536. The number of hydrogen-bond donors (Lipinski definition) is 1. The average Bonchev–Trinajstić information content (AvgIpc) is 2.77. The Hall–Kier alpha value is -2.37. The Balaban J connectivity index is 2.25. The van der Waals surface area contributed by atoms with Gasteiger partial charge in [0.2, 0.25) is 5.88 Å². The van der Waals surface area contributed by atoms with E-state index in [1.165, 1.54) is 24.1 Å². The number of carboxylic acids is 1. The van der Waals surface area contributed by atoms with Gasteiger partial charge in [0.25, 0.3) is 0 Å². The second-order valence-corrected chi connectivity index (χ2v) is 3.35. The Morgan fingerprint density at radius 2 is 2.29 bits per heavy atom. The van der Waals surface area contributed by atoms with Crippen LogP contribution in [0.4, 0.5) is 0 Å². The summed E-state index contributed by atoms with van der Waals surface area (Å²) >= 11 is 0. The summed E-state index contributed by atoms with van der Waals surface area (Å²) in [7, 11) is 1.53. The van der Waals surface area contributed by atoms with Gasteiger partial charge in [-0.15, -0.1) is 0 Å². The van der Waals surface area contributed by atoms with E-state index in [0.717, 1.165) is 0 Å². The number of pyridine rings is 1. The largest absolute Gasteiger partial charge is 0.481 e. The molecule has 0 spiro atoms. The molecule has 0 atom stereocenters. The Morgan fingerprint density at radius 3 is 3.00 bits per heavy atom. The van der Waals surface area contributed by atoms with E-state index < -0.39 is 5.97 Å². The highest BCUT2D eigenvalue weighted by molar-refractivity contribution is 5.85. The van der Waals surface area contributed by atoms with E-state index in [1.807, 2.05) is 0 Å². The van der Waals surface area contributed by atoms with Crippen LogP contribution in [0.25, 0.3) is 0 Å². The molecule has 0 aliphatic carbocycles. The minimum Gasteiger partial charge on any atom is -0.481 e. The standard InChI is InChI=1S/C11H11N3O3/c1-17-10-4-2-3-8(13-10)7-14-9(11(15)16)5-6-12-14/h2-6H,7H2,1H3,(H,15,16). The fourth-order valence-electron chi connectivity index (χ4n) is 1.45.